The van der Waals surface area contributed by atoms with Gasteiger partial charge in [-0.05, 0) is 62.5 Å². The van der Waals surface area contributed by atoms with E-state index >= 15 is 0 Å². The number of aromatic nitrogens is 4. The molecule has 0 aromatic carbocycles. The minimum Gasteiger partial charge on any atom is -0.250 e. The standard InChI is InChI=1S/C22H28F2N4/c1-14(17-6-7-17)12-19-26-20(13-16-8-10-22(23,24)11-9-16)28-21(27-19)18-5-3-4-15(2)25-18/h3-5,14,16-17H,6-13H2,1-2H3/t14-/m0/s1. The summed E-state index contributed by atoms with van der Waals surface area (Å²) in [5, 5.41) is 0. The Bertz CT molecular complexity index is 825. The molecule has 1 atom stereocenters. The van der Waals surface area contributed by atoms with Crippen LogP contribution in [0.2, 0.25) is 0 Å². The molecule has 2 saturated carbocycles. The highest BCUT2D eigenvalue weighted by Gasteiger charge is 2.35. The van der Waals surface area contributed by atoms with Gasteiger partial charge in [-0.3, -0.25) is 0 Å². The average molecular weight is 386 g/mol. The molecule has 0 aliphatic heterocycles. The zero-order valence-corrected chi connectivity index (χ0v) is 16.7. The van der Waals surface area contributed by atoms with Crippen LogP contribution in [0.25, 0.3) is 11.5 Å². The minimum atomic E-state index is -2.50. The molecule has 2 aliphatic rings. The third kappa shape index (κ3) is 4.89. The Morgan fingerprint density at radius 3 is 2.39 bits per heavy atom. The molecular weight excluding hydrogens is 358 g/mol. The van der Waals surface area contributed by atoms with Crippen molar-refractivity contribution in [1.82, 2.24) is 19.9 Å². The van der Waals surface area contributed by atoms with Crippen molar-refractivity contribution < 1.29 is 8.78 Å². The molecule has 2 fully saturated rings. The van der Waals surface area contributed by atoms with Crippen LogP contribution in [0.15, 0.2) is 18.2 Å². The molecule has 2 heterocycles. The van der Waals surface area contributed by atoms with Gasteiger partial charge in [0.2, 0.25) is 5.92 Å². The molecule has 4 nitrogen and oxygen atoms in total. The second-order valence-corrected chi connectivity index (χ2v) is 8.68. The monoisotopic (exact) mass is 386 g/mol. The van der Waals surface area contributed by atoms with Gasteiger partial charge < -0.3 is 0 Å². The molecule has 2 aromatic heterocycles. The Balaban J connectivity index is 1.58. The highest BCUT2D eigenvalue weighted by atomic mass is 19.3. The van der Waals surface area contributed by atoms with Gasteiger partial charge in [0, 0.05) is 31.4 Å². The Hall–Kier alpha value is -1.98. The molecule has 0 N–H and O–H groups in total. The fourth-order valence-electron chi connectivity index (χ4n) is 4.12. The second-order valence-electron chi connectivity index (χ2n) is 8.68. The number of hydrogen-bond donors (Lipinski definition) is 0. The second kappa shape index (κ2) is 7.80. The van der Waals surface area contributed by atoms with Crippen LogP contribution in [0.5, 0.6) is 0 Å². The van der Waals surface area contributed by atoms with Crippen molar-refractivity contribution in [2.45, 2.75) is 71.1 Å². The van der Waals surface area contributed by atoms with E-state index in [-0.39, 0.29) is 18.8 Å². The first-order chi connectivity index (χ1) is 13.4. The number of aryl methyl sites for hydroxylation is 1. The van der Waals surface area contributed by atoms with Gasteiger partial charge in [-0.1, -0.05) is 13.0 Å². The molecule has 0 bridgehead atoms. The van der Waals surface area contributed by atoms with E-state index in [1.54, 1.807) is 0 Å². The summed E-state index contributed by atoms with van der Waals surface area (Å²) in [5.41, 5.74) is 1.67. The number of rotatable bonds is 6. The van der Waals surface area contributed by atoms with Crippen LogP contribution in [0.1, 0.15) is 62.8 Å². The third-order valence-electron chi connectivity index (χ3n) is 6.08. The number of halogens is 2. The highest BCUT2D eigenvalue weighted by Crippen LogP contribution is 2.38. The van der Waals surface area contributed by atoms with Gasteiger partial charge in [0.05, 0.1) is 0 Å². The number of pyridine rings is 1. The van der Waals surface area contributed by atoms with E-state index in [1.807, 2.05) is 25.1 Å². The molecule has 6 heteroatoms. The van der Waals surface area contributed by atoms with E-state index in [9.17, 15) is 8.78 Å². The van der Waals surface area contributed by atoms with Gasteiger partial charge in [0.15, 0.2) is 5.82 Å². The summed E-state index contributed by atoms with van der Waals surface area (Å²) in [7, 11) is 0. The van der Waals surface area contributed by atoms with Crippen molar-refractivity contribution >= 4 is 0 Å². The van der Waals surface area contributed by atoms with Gasteiger partial charge in [-0.2, -0.15) is 0 Å². The lowest BCUT2D eigenvalue weighted by Crippen LogP contribution is -2.26. The zero-order chi connectivity index (χ0) is 19.7. The minimum absolute atomic E-state index is 0.0272. The molecule has 150 valence electrons. The van der Waals surface area contributed by atoms with E-state index in [4.69, 9.17) is 9.97 Å². The largest absolute Gasteiger partial charge is 0.250 e. The maximum absolute atomic E-state index is 13.5. The molecule has 0 amide bonds. The van der Waals surface area contributed by atoms with E-state index in [0.717, 1.165) is 35.4 Å². The summed E-state index contributed by atoms with van der Waals surface area (Å²) in [6.45, 7) is 4.21. The number of alkyl halides is 2. The summed E-state index contributed by atoms with van der Waals surface area (Å²) in [6.07, 6.45) is 5.07. The summed E-state index contributed by atoms with van der Waals surface area (Å²) < 4.78 is 27.0. The maximum Gasteiger partial charge on any atom is 0.248 e. The first-order valence-electron chi connectivity index (χ1n) is 10.4. The fraction of sp³-hybridized carbons (Fsp3) is 0.636. The van der Waals surface area contributed by atoms with E-state index in [1.165, 1.54) is 12.8 Å². The van der Waals surface area contributed by atoms with Crippen LogP contribution < -0.4 is 0 Å². The predicted octanol–water partition coefficient (Wildman–Crippen LogP) is 5.20. The number of hydrogen-bond acceptors (Lipinski definition) is 4. The average Bonchev–Trinajstić information content (AvgIpc) is 3.49. The maximum atomic E-state index is 13.5. The van der Waals surface area contributed by atoms with Crippen LogP contribution in [0, 0.1) is 24.7 Å². The van der Waals surface area contributed by atoms with Crippen LogP contribution >= 0.6 is 0 Å². The summed E-state index contributed by atoms with van der Waals surface area (Å²) in [5.74, 6) is 1.19. The van der Waals surface area contributed by atoms with E-state index < -0.39 is 5.92 Å². The molecule has 0 saturated heterocycles. The van der Waals surface area contributed by atoms with Gasteiger partial charge in [0.25, 0.3) is 0 Å². The predicted molar refractivity (Wildman–Crippen MR) is 104 cm³/mol. The van der Waals surface area contributed by atoms with Gasteiger partial charge in [-0.15, -0.1) is 0 Å². The van der Waals surface area contributed by atoms with Crippen LogP contribution in [-0.2, 0) is 12.8 Å². The first-order valence-corrected chi connectivity index (χ1v) is 10.4. The lowest BCUT2D eigenvalue weighted by Gasteiger charge is -2.27. The first kappa shape index (κ1) is 19.3. The van der Waals surface area contributed by atoms with Gasteiger partial charge >= 0.3 is 0 Å². The topological polar surface area (TPSA) is 51.6 Å². The lowest BCUT2D eigenvalue weighted by atomic mass is 9.84. The normalized spacial score (nSPS) is 20.9. The Morgan fingerprint density at radius 1 is 1.00 bits per heavy atom. The Kier molecular flexibility index (Phi) is 5.39. The Labute approximate surface area is 165 Å². The fourth-order valence-corrected chi connectivity index (χ4v) is 4.12. The lowest BCUT2D eigenvalue weighted by molar-refractivity contribution is -0.0458. The molecule has 0 radical (unpaired) electrons. The van der Waals surface area contributed by atoms with Crippen molar-refractivity contribution in [3.8, 4) is 11.5 Å². The van der Waals surface area contributed by atoms with E-state index in [2.05, 4.69) is 16.9 Å². The molecular formula is C22H28F2N4. The SMILES string of the molecule is Cc1cccc(-c2nc(CC3CCC(F)(F)CC3)nc(C[C@H](C)C3CC3)n2)n1. The van der Waals surface area contributed by atoms with Crippen molar-refractivity contribution in [3.63, 3.8) is 0 Å². The smallest absolute Gasteiger partial charge is 0.248 e. The van der Waals surface area contributed by atoms with Crippen LogP contribution in [0.4, 0.5) is 8.78 Å². The van der Waals surface area contributed by atoms with E-state index in [0.29, 0.717) is 31.0 Å². The summed E-state index contributed by atoms with van der Waals surface area (Å²) >= 11 is 0. The third-order valence-corrected chi connectivity index (χ3v) is 6.08. The summed E-state index contributed by atoms with van der Waals surface area (Å²) in [6, 6.07) is 5.82. The molecule has 2 aliphatic carbocycles. The molecule has 0 spiro atoms. The zero-order valence-electron chi connectivity index (χ0n) is 16.7. The van der Waals surface area contributed by atoms with Crippen LogP contribution in [0.3, 0.4) is 0 Å². The van der Waals surface area contributed by atoms with Crippen molar-refractivity contribution in [1.29, 1.82) is 0 Å². The molecule has 2 aromatic rings. The van der Waals surface area contributed by atoms with Crippen LogP contribution in [-0.4, -0.2) is 25.9 Å². The number of nitrogens with zero attached hydrogens (tertiary/aromatic N) is 4. The highest BCUT2D eigenvalue weighted by molar-refractivity contribution is 5.48. The van der Waals surface area contributed by atoms with Gasteiger partial charge in [-0.25, -0.2) is 28.7 Å². The molecule has 28 heavy (non-hydrogen) atoms. The van der Waals surface area contributed by atoms with Crippen molar-refractivity contribution in [3.05, 3.63) is 35.5 Å². The van der Waals surface area contributed by atoms with Crippen molar-refractivity contribution in [2.24, 2.45) is 17.8 Å². The quantitative estimate of drug-likeness (QED) is 0.685. The van der Waals surface area contributed by atoms with Gasteiger partial charge in [0.1, 0.15) is 17.3 Å². The Morgan fingerprint density at radius 2 is 1.71 bits per heavy atom. The summed E-state index contributed by atoms with van der Waals surface area (Å²) in [4.78, 5) is 18.7. The molecule has 4 rings (SSSR count). The van der Waals surface area contributed by atoms with Crippen molar-refractivity contribution in [2.75, 3.05) is 0 Å². The molecule has 0 unspecified atom stereocenters.